The molecule has 9 rings (SSSR count). The second-order valence-corrected chi connectivity index (χ2v) is 17.8. The number of urea groups is 2. The van der Waals surface area contributed by atoms with Gasteiger partial charge in [0.25, 0.3) is 0 Å². The molecule has 0 atom stereocenters. The first-order valence-corrected chi connectivity index (χ1v) is 24.8. The monoisotopic (exact) mass is 1050 g/mol. The molecule has 4 amide bonds. The number of alkyl halides is 2. The van der Waals surface area contributed by atoms with Gasteiger partial charge < -0.3 is 31.2 Å². The Balaban J connectivity index is 0.000000194. The Hall–Kier alpha value is -7.61. The second-order valence-electron chi connectivity index (χ2n) is 13.3. The number of isocyanates is 1. The molecule has 0 fully saturated rings. The number of hydrogen-bond donors (Lipinski definition) is 7. The van der Waals surface area contributed by atoms with E-state index in [1.54, 1.807) is 59.2 Å². The molecule has 0 aliphatic carbocycles. The number of carbonyl (C=O) groups excluding carboxylic acids is 3. The summed E-state index contributed by atoms with van der Waals surface area (Å²) in [6, 6.07) is 43.4. The minimum Gasteiger partial charge on any atom is -0.478 e. The number of thiophene rings is 4. The number of nitrogens with two attached hydrogens (primary N) is 1. The van der Waals surface area contributed by atoms with Gasteiger partial charge in [0.05, 0.1) is 32.0 Å². The van der Waals surface area contributed by atoms with E-state index in [-0.39, 0.29) is 28.6 Å². The quantitative estimate of drug-likeness (QED) is 0.0432. The van der Waals surface area contributed by atoms with E-state index in [0.29, 0.717) is 26.6 Å². The van der Waals surface area contributed by atoms with E-state index < -0.39 is 12.0 Å². The maximum Gasteiger partial charge on any atom is 0.349 e. The standard InChI is InChI=1S/C12H10N2O3S.C12H8N2O2S.C12H12N2OS.C7H5NO.C5H7NS.CH2Cl2/c15-11(16)9-6-7-18-10(9)14-12(17)13-8-4-2-1-3-5-8;15-11-9-6-7-17-10(9)14-12(16-11)13-8-4-2-1-3-5-8;1-9-7-8-16-11(9)14-12(15)13-10-5-3-2-4-6-10;9-6-8-7-4-2-1-3-5-7;1-4-2-3-7-5(4)6;2-1-3/h1-7H,(H,15,16)(H2,13,14,17);1-7H,(H,13,14);2-8H,1H3,(H2,13,14,15);1-5H;2-3H,6H2,1H3;1H2. The van der Waals surface area contributed by atoms with Crippen LogP contribution >= 0.6 is 68.5 Å². The predicted octanol–water partition coefficient (Wildman–Crippen LogP) is 14.5. The first kappa shape index (κ1) is 55.0. The van der Waals surface area contributed by atoms with Crippen LogP contribution in [0.4, 0.5) is 53.4 Å². The Labute approximate surface area is 428 Å². The summed E-state index contributed by atoms with van der Waals surface area (Å²) in [5.74, 6) is -1.06. The van der Waals surface area contributed by atoms with Crippen LogP contribution in [0.1, 0.15) is 21.5 Å². The summed E-state index contributed by atoms with van der Waals surface area (Å²) in [5.41, 5.74) is 10.3. The van der Waals surface area contributed by atoms with E-state index >= 15 is 0 Å². The van der Waals surface area contributed by atoms with Crippen molar-refractivity contribution in [2.75, 3.05) is 37.7 Å². The molecular weight excluding hydrogens is 1010 g/mol. The number of aliphatic imine (C=N–C) groups is 1. The lowest BCUT2D eigenvalue weighted by molar-refractivity contribution is 0.0698. The first-order chi connectivity index (χ1) is 33.9. The van der Waals surface area contributed by atoms with Crippen LogP contribution in [0.3, 0.4) is 0 Å². The maximum atomic E-state index is 11.6. The van der Waals surface area contributed by atoms with Crippen LogP contribution in [0.25, 0.3) is 10.2 Å². The number of aromatic carboxylic acids is 1. The van der Waals surface area contributed by atoms with Gasteiger partial charge in [-0.2, -0.15) is 9.98 Å². The zero-order chi connectivity index (χ0) is 50.5. The minimum atomic E-state index is -1.06. The molecule has 8 N–H and O–H groups in total. The summed E-state index contributed by atoms with van der Waals surface area (Å²) < 4.78 is 5.08. The molecular formula is C49H44Cl2N8O7S4. The molecule has 5 aromatic heterocycles. The highest BCUT2D eigenvalue weighted by Gasteiger charge is 2.14. The van der Waals surface area contributed by atoms with Crippen LogP contribution in [-0.2, 0) is 4.79 Å². The van der Waals surface area contributed by atoms with Gasteiger partial charge in [0.2, 0.25) is 6.08 Å². The first-order valence-electron chi connectivity index (χ1n) is 20.3. The Bertz CT molecular complexity index is 3060. The zero-order valence-electron chi connectivity index (χ0n) is 37.1. The van der Waals surface area contributed by atoms with Gasteiger partial charge in [-0.05, 0) is 119 Å². The molecule has 0 spiro atoms. The summed E-state index contributed by atoms with van der Waals surface area (Å²) in [5, 5.41) is 32.8. The van der Waals surface area contributed by atoms with Crippen LogP contribution in [0.15, 0.2) is 181 Å². The maximum absolute atomic E-state index is 11.6. The van der Waals surface area contributed by atoms with E-state index in [1.165, 1.54) is 40.4 Å². The third-order valence-electron chi connectivity index (χ3n) is 8.39. The van der Waals surface area contributed by atoms with E-state index in [0.717, 1.165) is 38.3 Å². The van der Waals surface area contributed by atoms with Crippen molar-refractivity contribution in [2.24, 2.45) is 4.99 Å². The number of carboxylic acid groups (broad SMARTS) is 1. The van der Waals surface area contributed by atoms with Crippen molar-refractivity contribution in [3.05, 3.63) is 194 Å². The number of nitrogens with zero attached hydrogens (tertiary/aromatic N) is 2. The van der Waals surface area contributed by atoms with Crippen molar-refractivity contribution in [3.63, 3.8) is 0 Å². The van der Waals surface area contributed by atoms with Crippen molar-refractivity contribution in [2.45, 2.75) is 13.8 Å². The molecule has 0 aliphatic heterocycles. The average Bonchev–Trinajstić information content (AvgIpc) is 4.19. The second kappa shape index (κ2) is 30.7. The molecule has 0 aliphatic rings. The summed E-state index contributed by atoms with van der Waals surface area (Å²) in [6.45, 7) is 3.97. The van der Waals surface area contributed by atoms with Crippen LogP contribution in [-0.4, -0.2) is 39.5 Å². The van der Waals surface area contributed by atoms with Crippen LogP contribution in [0, 0.1) is 13.8 Å². The van der Waals surface area contributed by atoms with Crippen molar-refractivity contribution < 1.29 is 28.7 Å². The fraction of sp³-hybridized carbons (Fsp3) is 0.0612. The Morgan fingerprint density at radius 3 is 1.59 bits per heavy atom. The Kier molecular flexibility index (Phi) is 24.1. The zero-order valence-corrected chi connectivity index (χ0v) is 41.9. The molecule has 0 bridgehead atoms. The Morgan fingerprint density at radius 1 is 0.643 bits per heavy atom. The number of nitrogen functional groups attached to an aromatic ring is 1. The number of aryl methyl sites for hydroxylation is 2. The third kappa shape index (κ3) is 19.9. The van der Waals surface area contributed by atoms with E-state index in [2.05, 4.69) is 36.6 Å². The number of rotatable bonds is 8. The summed E-state index contributed by atoms with van der Waals surface area (Å²) in [7, 11) is 0. The molecule has 9 aromatic rings. The largest absolute Gasteiger partial charge is 0.478 e. The molecule has 360 valence electrons. The van der Waals surface area contributed by atoms with Gasteiger partial charge in [0.1, 0.15) is 9.83 Å². The third-order valence-corrected chi connectivity index (χ3v) is 11.8. The fourth-order valence-electron chi connectivity index (χ4n) is 5.09. The molecule has 0 saturated heterocycles. The highest BCUT2D eigenvalue weighted by Crippen LogP contribution is 2.24. The van der Waals surface area contributed by atoms with Gasteiger partial charge in [0, 0.05) is 17.1 Å². The smallest absolute Gasteiger partial charge is 0.349 e. The van der Waals surface area contributed by atoms with Gasteiger partial charge in [0.15, 0.2) is 0 Å². The number of amides is 4. The van der Waals surface area contributed by atoms with E-state index in [4.69, 9.17) is 38.5 Å². The van der Waals surface area contributed by atoms with Crippen molar-refractivity contribution in [3.8, 4) is 0 Å². The number of para-hydroxylation sites is 4. The topological polar surface area (TPSA) is 230 Å². The number of aromatic nitrogens is 1. The number of anilines is 7. The van der Waals surface area contributed by atoms with Gasteiger partial charge >= 0.3 is 29.7 Å². The lowest BCUT2D eigenvalue weighted by Crippen LogP contribution is -2.19. The molecule has 4 aromatic carbocycles. The molecule has 70 heavy (non-hydrogen) atoms. The van der Waals surface area contributed by atoms with Crippen LogP contribution in [0.2, 0.25) is 0 Å². The van der Waals surface area contributed by atoms with Gasteiger partial charge in [-0.1, -0.05) is 72.8 Å². The molecule has 15 nitrogen and oxygen atoms in total. The number of carbonyl (C=O) groups is 3. The summed E-state index contributed by atoms with van der Waals surface area (Å²) in [4.78, 5) is 63.7. The van der Waals surface area contributed by atoms with Gasteiger partial charge in [-0.15, -0.1) is 68.5 Å². The highest BCUT2D eigenvalue weighted by atomic mass is 35.5. The number of benzene rings is 4. The lowest BCUT2D eigenvalue weighted by atomic mass is 10.3. The fourth-order valence-corrected chi connectivity index (χ4v) is 8.10. The van der Waals surface area contributed by atoms with Crippen LogP contribution < -0.4 is 37.9 Å². The molecule has 21 heteroatoms. The van der Waals surface area contributed by atoms with Gasteiger partial charge in [-0.25, -0.2) is 24.0 Å². The van der Waals surface area contributed by atoms with Crippen molar-refractivity contribution in [1.82, 2.24) is 4.98 Å². The molecule has 0 unspecified atom stereocenters. The number of halogens is 2. The lowest BCUT2D eigenvalue weighted by Gasteiger charge is -2.06. The number of carboxylic acids is 1. The molecule has 0 saturated carbocycles. The number of nitrogens with one attached hydrogen (secondary N) is 5. The van der Waals surface area contributed by atoms with E-state index in [9.17, 15) is 24.0 Å². The van der Waals surface area contributed by atoms with Crippen molar-refractivity contribution >= 4 is 147 Å². The molecule has 5 heterocycles. The number of hydrogen-bond acceptors (Lipinski definition) is 14. The van der Waals surface area contributed by atoms with E-state index in [1.807, 2.05) is 127 Å². The predicted molar refractivity (Wildman–Crippen MR) is 291 cm³/mol. The SMILES string of the molecule is Cc1ccsc1N.Cc1ccsc1NC(=O)Nc1ccccc1.ClCCl.O=C(Nc1ccccc1)Nc1sccc1C(=O)O.O=C=Nc1ccccc1.O=c1oc(Nc2ccccc2)nc2sccc12. The normalized spacial score (nSPS) is 9.54. The van der Waals surface area contributed by atoms with Gasteiger partial charge in [-0.3, -0.25) is 10.6 Å². The average molecular weight is 1060 g/mol. The van der Waals surface area contributed by atoms with Crippen molar-refractivity contribution in [1.29, 1.82) is 0 Å². The summed E-state index contributed by atoms with van der Waals surface area (Å²) >= 11 is 15.2. The highest BCUT2D eigenvalue weighted by molar-refractivity contribution is 7.16. The number of fused-ring (bicyclic) bond motifs is 1. The summed E-state index contributed by atoms with van der Waals surface area (Å²) in [6.07, 6.45) is 1.46. The Morgan fingerprint density at radius 2 is 1.11 bits per heavy atom. The van der Waals surface area contributed by atoms with Crippen LogP contribution in [0.5, 0.6) is 0 Å². The minimum absolute atomic E-state index is 0.0863. The molecule has 0 radical (unpaired) electrons.